The van der Waals surface area contributed by atoms with Crippen LogP contribution >= 0.6 is 0 Å². The summed E-state index contributed by atoms with van der Waals surface area (Å²) >= 11 is 0. The summed E-state index contributed by atoms with van der Waals surface area (Å²) in [6.45, 7) is 2.10. The first kappa shape index (κ1) is 18.6. The molecule has 1 fully saturated rings. The monoisotopic (exact) mass is 426 g/mol. The van der Waals surface area contributed by atoms with Gasteiger partial charge in [0.1, 0.15) is 6.04 Å². The van der Waals surface area contributed by atoms with E-state index in [4.69, 9.17) is 9.47 Å². The van der Waals surface area contributed by atoms with Gasteiger partial charge in [-0.15, -0.1) is 0 Å². The van der Waals surface area contributed by atoms with Crippen molar-refractivity contribution in [2.75, 3.05) is 11.7 Å². The van der Waals surface area contributed by atoms with Crippen LogP contribution in [-0.4, -0.2) is 35.5 Å². The Morgan fingerprint density at radius 1 is 0.750 bits per heavy atom. The second-order valence-electron chi connectivity index (χ2n) is 8.07. The molecule has 3 aliphatic rings. The summed E-state index contributed by atoms with van der Waals surface area (Å²) in [5, 5.41) is 0. The van der Waals surface area contributed by atoms with E-state index in [1.54, 1.807) is 35.2 Å². The molecule has 0 radical (unpaired) electrons. The molecule has 0 saturated carbocycles. The molecule has 0 spiro atoms. The Morgan fingerprint density at radius 3 is 2.09 bits per heavy atom. The number of nitrogens with zero attached hydrogens (tertiary/aromatic N) is 2. The van der Waals surface area contributed by atoms with Crippen molar-refractivity contribution < 1.29 is 23.9 Å². The van der Waals surface area contributed by atoms with Gasteiger partial charge in [0.05, 0.1) is 17.2 Å². The lowest BCUT2D eigenvalue weighted by atomic mass is 9.86. The first-order valence-electron chi connectivity index (χ1n) is 10.3. The molecular weight excluding hydrogens is 408 g/mol. The molecule has 3 amide bonds. The molecule has 7 nitrogen and oxygen atoms in total. The van der Waals surface area contributed by atoms with Crippen LogP contribution in [0.5, 0.6) is 11.5 Å². The minimum absolute atomic E-state index is 0.131. The number of carbonyl (C=O) groups is 3. The molecule has 32 heavy (non-hydrogen) atoms. The molecule has 0 unspecified atom stereocenters. The van der Waals surface area contributed by atoms with E-state index in [9.17, 15) is 14.4 Å². The lowest BCUT2D eigenvalue weighted by Crippen LogP contribution is -2.67. The van der Waals surface area contributed by atoms with Gasteiger partial charge in [-0.2, -0.15) is 0 Å². The van der Waals surface area contributed by atoms with Gasteiger partial charge < -0.3 is 14.4 Å². The molecule has 0 aromatic heterocycles. The molecule has 6 rings (SSSR count). The fourth-order valence-corrected chi connectivity index (χ4v) is 4.61. The van der Waals surface area contributed by atoms with Crippen LogP contribution in [0, 0.1) is 6.92 Å². The van der Waals surface area contributed by atoms with Crippen LogP contribution < -0.4 is 14.4 Å². The molecule has 158 valence electrons. The molecule has 2 atom stereocenters. The highest BCUT2D eigenvalue weighted by Gasteiger charge is 2.57. The minimum atomic E-state index is -0.941. The fraction of sp³-hybridized carbons (Fsp3) is 0.160. The Balaban J connectivity index is 1.45. The van der Waals surface area contributed by atoms with Crippen molar-refractivity contribution in [1.82, 2.24) is 4.90 Å². The van der Waals surface area contributed by atoms with Crippen molar-refractivity contribution in [2.45, 2.75) is 19.0 Å². The topological polar surface area (TPSA) is 76.2 Å². The number of carbonyl (C=O) groups excluding carboxylic acids is 3. The molecule has 0 N–H and O–H groups in total. The van der Waals surface area contributed by atoms with Crippen molar-refractivity contribution >= 4 is 23.4 Å². The summed E-state index contributed by atoms with van der Waals surface area (Å²) < 4.78 is 10.9. The van der Waals surface area contributed by atoms with Gasteiger partial charge in [0.25, 0.3) is 17.7 Å². The van der Waals surface area contributed by atoms with Crippen LogP contribution in [-0.2, 0) is 4.79 Å². The summed E-state index contributed by atoms with van der Waals surface area (Å²) in [5.41, 5.74) is 3.18. The normalized spacial score (nSPS) is 21.1. The Bertz CT molecular complexity index is 1260. The number of fused-ring (bicyclic) bond motifs is 2. The van der Waals surface area contributed by atoms with Gasteiger partial charge in [-0.05, 0) is 48.9 Å². The van der Waals surface area contributed by atoms with Crippen LogP contribution in [0.15, 0.2) is 66.7 Å². The van der Waals surface area contributed by atoms with Crippen molar-refractivity contribution in [1.29, 1.82) is 0 Å². The molecule has 3 aromatic rings. The average molecular weight is 426 g/mol. The SMILES string of the molecule is Cc1ccc(N2C(=O)[C@H](N3C(=O)c4ccccc4C3=O)[C@H]2c2ccc3c(c2)OCO3)cc1. The standard InChI is InChI=1S/C25H18N2O5/c1-14-6-9-16(10-7-14)26-21(15-8-11-19-20(12-15)32-13-31-19)22(25(26)30)27-23(28)17-4-2-3-5-18(17)24(27)29/h2-12,21-22H,13H2,1H3/t21-,22-/m1/s1. The first-order chi connectivity index (χ1) is 15.5. The van der Waals surface area contributed by atoms with E-state index >= 15 is 0 Å². The average Bonchev–Trinajstić information content (AvgIpc) is 3.37. The third kappa shape index (κ3) is 2.51. The molecular formula is C25H18N2O5. The number of imide groups is 1. The maximum atomic E-state index is 13.4. The molecule has 3 aliphatic heterocycles. The minimum Gasteiger partial charge on any atom is -0.454 e. The lowest BCUT2D eigenvalue weighted by molar-refractivity contribution is -0.130. The summed E-state index contributed by atoms with van der Waals surface area (Å²) in [7, 11) is 0. The highest BCUT2D eigenvalue weighted by Crippen LogP contribution is 2.46. The Labute approximate surface area is 183 Å². The van der Waals surface area contributed by atoms with E-state index < -0.39 is 23.9 Å². The number of ether oxygens (including phenoxy) is 2. The highest BCUT2D eigenvalue weighted by molar-refractivity contribution is 6.24. The number of hydrogen-bond acceptors (Lipinski definition) is 5. The number of aryl methyl sites for hydroxylation is 1. The van der Waals surface area contributed by atoms with Crippen molar-refractivity contribution in [3.05, 3.63) is 89.0 Å². The Morgan fingerprint density at radius 2 is 1.41 bits per heavy atom. The van der Waals surface area contributed by atoms with E-state index in [2.05, 4.69) is 0 Å². The van der Waals surface area contributed by atoms with Gasteiger partial charge in [0.15, 0.2) is 11.5 Å². The number of benzene rings is 3. The van der Waals surface area contributed by atoms with Crippen LogP contribution in [0.4, 0.5) is 5.69 Å². The molecule has 3 aromatic carbocycles. The van der Waals surface area contributed by atoms with E-state index in [0.29, 0.717) is 28.3 Å². The van der Waals surface area contributed by atoms with Gasteiger partial charge in [-0.25, -0.2) is 0 Å². The van der Waals surface area contributed by atoms with Crippen LogP contribution in [0.1, 0.15) is 37.9 Å². The molecule has 0 aliphatic carbocycles. The lowest BCUT2D eigenvalue weighted by Gasteiger charge is -2.49. The molecule has 7 heteroatoms. The van der Waals surface area contributed by atoms with Crippen LogP contribution in [0.25, 0.3) is 0 Å². The number of β-lactam (4-membered cyclic amide) rings is 1. The maximum absolute atomic E-state index is 13.4. The summed E-state index contributed by atoms with van der Waals surface area (Å²) in [6, 6.07) is 18.2. The quantitative estimate of drug-likeness (QED) is 0.474. The smallest absolute Gasteiger partial charge is 0.262 e. The van der Waals surface area contributed by atoms with E-state index in [0.717, 1.165) is 16.0 Å². The van der Waals surface area contributed by atoms with Gasteiger partial charge in [0, 0.05) is 5.69 Å². The maximum Gasteiger partial charge on any atom is 0.262 e. The predicted molar refractivity (Wildman–Crippen MR) is 115 cm³/mol. The second kappa shape index (κ2) is 6.68. The summed E-state index contributed by atoms with van der Waals surface area (Å²) in [5.74, 6) is 0.00732. The fourth-order valence-electron chi connectivity index (χ4n) is 4.61. The van der Waals surface area contributed by atoms with Gasteiger partial charge in [0.2, 0.25) is 6.79 Å². The van der Waals surface area contributed by atoms with Crippen LogP contribution in [0.3, 0.4) is 0 Å². The number of rotatable bonds is 3. The Hall–Kier alpha value is -4.13. The van der Waals surface area contributed by atoms with Crippen molar-refractivity contribution in [3.63, 3.8) is 0 Å². The zero-order chi connectivity index (χ0) is 22.0. The molecule has 0 bridgehead atoms. The number of amides is 3. The van der Waals surface area contributed by atoms with E-state index in [1.165, 1.54) is 0 Å². The van der Waals surface area contributed by atoms with Gasteiger partial charge in [-0.3, -0.25) is 19.3 Å². The number of anilines is 1. The largest absolute Gasteiger partial charge is 0.454 e. The Kier molecular flexibility index (Phi) is 3.89. The third-order valence-corrected chi connectivity index (χ3v) is 6.22. The van der Waals surface area contributed by atoms with E-state index in [1.807, 2.05) is 43.3 Å². The van der Waals surface area contributed by atoms with Gasteiger partial charge in [-0.1, -0.05) is 35.9 Å². The van der Waals surface area contributed by atoms with Crippen molar-refractivity contribution in [2.24, 2.45) is 0 Å². The number of hydrogen-bond donors (Lipinski definition) is 0. The third-order valence-electron chi connectivity index (χ3n) is 6.22. The zero-order valence-corrected chi connectivity index (χ0v) is 17.1. The summed E-state index contributed by atoms with van der Waals surface area (Å²) in [6.07, 6.45) is 0. The first-order valence-corrected chi connectivity index (χ1v) is 10.3. The predicted octanol–water partition coefficient (Wildman–Crippen LogP) is 3.48. The van der Waals surface area contributed by atoms with Crippen molar-refractivity contribution in [3.8, 4) is 11.5 Å². The van der Waals surface area contributed by atoms with E-state index in [-0.39, 0.29) is 12.7 Å². The van der Waals surface area contributed by atoms with Gasteiger partial charge >= 0.3 is 0 Å². The second-order valence-corrected chi connectivity index (χ2v) is 8.07. The molecule has 1 saturated heterocycles. The highest BCUT2D eigenvalue weighted by atomic mass is 16.7. The summed E-state index contributed by atoms with van der Waals surface area (Å²) in [4.78, 5) is 42.4. The zero-order valence-electron chi connectivity index (χ0n) is 17.1. The van der Waals surface area contributed by atoms with Crippen LogP contribution in [0.2, 0.25) is 0 Å². The molecule has 3 heterocycles.